The number of anilines is 1. The van der Waals surface area contributed by atoms with E-state index in [2.05, 4.69) is 10.3 Å². The summed E-state index contributed by atoms with van der Waals surface area (Å²) in [6, 6.07) is 3.78. The molecule has 1 aromatic carbocycles. The minimum Gasteiger partial charge on any atom is -0.363 e. The van der Waals surface area contributed by atoms with Crippen LogP contribution in [0.3, 0.4) is 0 Å². The molecule has 0 atom stereocenters. The molecule has 0 bridgehead atoms. The molecule has 2 heterocycles. The highest BCUT2D eigenvalue weighted by Crippen LogP contribution is 2.35. The molecule has 1 N–H and O–H groups in total. The first kappa shape index (κ1) is 12.3. The second kappa shape index (κ2) is 4.43. The summed E-state index contributed by atoms with van der Waals surface area (Å²) in [5.41, 5.74) is 1.64. The predicted molar refractivity (Wildman–Crippen MR) is 76.1 cm³/mol. The van der Waals surface area contributed by atoms with E-state index in [1.165, 1.54) is 11.3 Å². The summed E-state index contributed by atoms with van der Waals surface area (Å²) in [5.74, 6) is 0. The maximum Gasteiger partial charge on any atom is 0.294 e. The van der Waals surface area contributed by atoms with Crippen LogP contribution < -0.4 is 10.2 Å². The highest BCUT2D eigenvalue weighted by Gasteiger charge is 2.27. The van der Waals surface area contributed by atoms with E-state index in [1.54, 1.807) is 6.07 Å². The highest BCUT2D eigenvalue weighted by atomic mass is 32.1. The lowest BCUT2D eigenvalue weighted by Gasteiger charge is -2.36. The van der Waals surface area contributed by atoms with Gasteiger partial charge in [-0.2, -0.15) is 0 Å². The number of likely N-dealkylation sites (N-methyl/N-ethyl adjacent to an activating group) is 1. The standard InChI is InChI=1S/C12H14N4O2S/c1-7-14-9-3-10(15(2)8-5-13-6-8)11(16(17)18)4-12(9)19-7/h3-4,8,13H,5-6H2,1-2H3. The van der Waals surface area contributed by atoms with Crippen molar-refractivity contribution in [1.29, 1.82) is 0 Å². The second-order valence-corrected chi connectivity index (χ2v) is 5.96. The van der Waals surface area contributed by atoms with Gasteiger partial charge in [0, 0.05) is 26.2 Å². The van der Waals surface area contributed by atoms with Gasteiger partial charge in [0.1, 0.15) is 5.69 Å². The van der Waals surface area contributed by atoms with Crippen LogP contribution in [0.15, 0.2) is 12.1 Å². The number of nitrogens with one attached hydrogen (secondary N) is 1. The summed E-state index contributed by atoms with van der Waals surface area (Å²) in [7, 11) is 1.90. The third-order valence-corrected chi connectivity index (χ3v) is 4.41. The summed E-state index contributed by atoms with van der Waals surface area (Å²) >= 11 is 1.49. The molecule has 0 unspecified atom stereocenters. The van der Waals surface area contributed by atoms with Gasteiger partial charge in [-0.3, -0.25) is 10.1 Å². The Kier molecular flexibility index (Phi) is 2.87. The minimum atomic E-state index is -0.313. The molecule has 0 spiro atoms. The van der Waals surface area contributed by atoms with Gasteiger partial charge >= 0.3 is 0 Å². The SMILES string of the molecule is Cc1nc2cc(N(C)C3CNC3)c([N+](=O)[O-])cc2s1. The number of fused-ring (bicyclic) bond motifs is 1. The third kappa shape index (κ3) is 2.04. The lowest BCUT2D eigenvalue weighted by molar-refractivity contribution is -0.384. The molecular formula is C12H14N4O2S. The number of hydrogen-bond donors (Lipinski definition) is 1. The molecule has 1 aliphatic heterocycles. The number of aromatic nitrogens is 1. The van der Waals surface area contributed by atoms with Crippen molar-refractivity contribution in [1.82, 2.24) is 10.3 Å². The van der Waals surface area contributed by atoms with Gasteiger partial charge in [-0.05, 0) is 13.0 Å². The summed E-state index contributed by atoms with van der Waals surface area (Å²) in [6.07, 6.45) is 0. The number of thiazole rings is 1. The number of nitrogens with zero attached hydrogens (tertiary/aromatic N) is 3. The van der Waals surface area contributed by atoms with Crippen LogP contribution in [0.1, 0.15) is 5.01 Å². The molecule has 3 rings (SSSR count). The maximum atomic E-state index is 11.3. The molecule has 7 heteroatoms. The van der Waals surface area contributed by atoms with Crippen molar-refractivity contribution in [2.75, 3.05) is 25.0 Å². The molecule has 0 saturated carbocycles. The van der Waals surface area contributed by atoms with Crippen molar-refractivity contribution < 1.29 is 4.92 Å². The van der Waals surface area contributed by atoms with Crippen LogP contribution in [0.2, 0.25) is 0 Å². The van der Waals surface area contributed by atoms with Crippen molar-refractivity contribution in [2.24, 2.45) is 0 Å². The Bertz CT molecular complexity index is 650. The third-order valence-electron chi connectivity index (χ3n) is 3.48. The van der Waals surface area contributed by atoms with E-state index in [1.807, 2.05) is 24.9 Å². The van der Waals surface area contributed by atoms with Crippen molar-refractivity contribution in [3.8, 4) is 0 Å². The summed E-state index contributed by atoms with van der Waals surface area (Å²) in [6.45, 7) is 3.64. The van der Waals surface area contributed by atoms with Gasteiger partial charge in [-0.15, -0.1) is 11.3 Å². The Morgan fingerprint density at radius 2 is 2.26 bits per heavy atom. The molecule has 1 aromatic heterocycles. The lowest BCUT2D eigenvalue weighted by Crippen LogP contribution is -2.56. The first-order chi connectivity index (χ1) is 9.06. The predicted octanol–water partition coefficient (Wildman–Crippen LogP) is 1.92. The molecule has 100 valence electrons. The van der Waals surface area contributed by atoms with E-state index in [-0.39, 0.29) is 10.6 Å². The molecule has 0 amide bonds. The van der Waals surface area contributed by atoms with Gasteiger partial charge < -0.3 is 10.2 Å². The van der Waals surface area contributed by atoms with Gasteiger partial charge in [0.05, 0.1) is 26.2 Å². The summed E-state index contributed by atoms with van der Waals surface area (Å²) < 4.78 is 0.869. The number of rotatable bonds is 3. The van der Waals surface area contributed by atoms with Crippen LogP contribution in [0, 0.1) is 17.0 Å². The highest BCUT2D eigenvalue weighted by molar-refractivity contribution is 7.18. The molecule has 19 heavy (non-hydrogen) atoms. The van der Waals surface area contributed by atoms with Crippen molar-refractivity contribution in [2.45, 2.75) is 13.0 Å². The Morgan fingerprint density at radius 1 is 1.53 bits per heavy atom. The van der Waals surface area contributed by atoms with Gasteiger partial charge in [-0.25, -0.2) is 4.98 Å². The fourth-order valence-corrected chi connectivity index (χ4v) is 3.08. The van der Waals surface area contributed by atoms with Crippen molar-refractivity contribution >= 4 is 32.9 Å². The van der Waals surface area contributed by atoms with Crippen LogP contribution in [0.4, 0.5) is 11.4 Å². The second-order valence-electron chi connectivity index (χ2n) is 4.72. The summed E-state index contributed by atoms with van der Waals surface area (Å²) in [5, 5.41) is 15.4. The first-order valence-corrected chi connectivity index (χ1v) is 6.87. The van der Waals surface area contributed by atoms with Crippen LogP contribution >= 0.6 is 11.3 Å². The lowest BCUT2D eigenvalue weighted by atomic mass is 10.1. The van der Waals surface area contributed by atoms with Crippen LogP contribution in [0.5, 0.6) is 0 Å². The fourth-order valence-electron chi connectivity index (χ4n) is 2.24. The van der Waals surface area contributed by atoms with Gasteiger partial charge in [0.2, 0.25) is 0 Å². The van der Waals surface area contributed by atoms with Crippen molar-refractivity contribution in [3.05, 3.63) is 27.3 Å². The van der Waals surface area contributed by atoms with E-state index in [0.29, 0.717) is 11.7 Å². The Balaban J connectivity index is 2.13. The fraction of sp³-hybridized carbons (Fsp3) is 0.417. The van der Waals surface area contributed by atoms with E-state index in [0.717, 1.165) is 28.3 Å². The van der Waals surface area contributed by atoms with Crippen LogP contribution in [-0.4, -0.2) is 36.1 Å². The smallest absolute Gasteiger partial charge is 0.294 e. The number of hydrogen-bond acceptors (Lipinski definition) is 6. The zero-order valence-corrected chi connectivity index (χ0v) is 11.5. The quantitative estimate of drug-likeness (QED) is 0.686. The number of nitro groups is 1. The largest absolute Gasteiger partial charge is 0.363 e. The minimum absolute atomic E-state index is 0.158. The molecule has 6 nitrogen and oxygen atoms in total. The maximum absolute atomic E-state index is 11.3. The molecule has 0 aliphatic carbocycles. The Labute approximate surface area is 114 Å². The zero-order valence-electron chi connectivity index (χ0n) is 10.7. The number of nitro benzene ring substituents is 1. The average Bonchev–Trinajstić information content (AvgIpc) is 2.63. The number of benzene rings is 1. The Hall–Kier alpha value is -1.73. The van der Waals surface area contributed by atoms with E-state index in [9.17, 15) is 10.1 Å². The van der Waals surface area contributed by atoms with E-state index < -0.39 is 0 Å². The first-order valence-electron chi connectivity index (χ1n) is 6.05. The molecule has 2 aromatic rings. The average molecular weight is 278 g/mol. The van der Waals surface area contributed by atoms with E-state index in [4.69, 9.17) is 0 Å². The molecule has 0 radical (unpaired) electrons. The van der Waals surface area contributed by atoms with Gasteiger partial charge in [0.25, 0.3) is 5.69 Å². The molecular weight excluding hydrogens is 264 g/mol. The monoisotopic (exact) mass is 278 g/mol. The zero-order chi connectivity index (χ0) is 13.6. The molecule has 1 saturated heterocycles. The van der Waals surface area contributed by atoms with Gasteiger partial charge in [-0.1, -0.05) is 0 Å². The van der Waals surface area contributed by atoms with E-state index >= 15 is 0 Å². The Morgan fingerprint density at radius 3 is 2.84 bits per heavy atom. The van der Waals surface area contributed by atoms with Gasteiger partial charge in [0.15, 0.2) is 0 Å². The number of aryl methyl sites for hydroxylation is 1. The normalized spacial score (nSPS) is 15.5. The van der Waals surface area contributed by atoms with Crippen LogP contribution in [0.25, 0.3) is 10.2 Å². The molecule has 1 fully saturated rings. The van der Waals surface area contributed by atoms with Crippen LogP contribution in [-0.2, 0) is 0 Å². The topological polar surface area (TPSA) is 71.3 Å². The summed E-state index contributed by atoms with van der Waals surface area (Å²) in [4.78, 5) is 17.3. The van der Waals surface area contributed by atoms with Crippen molar-refractivity contribution in [3.63, 3.8) is 0 Å². The molecule has 1 aliphatic rings.